The van der Waals surface area contributed by atoms with Gasteiger partial charge < -0.3 is 5.32 Å². The number of hydrogen-bond donors (Lipinski definition) is 1. The first kappa shape index (κ1) is 21.8. The van der Waals surface area contributed by atoms with Crippen LogP contribution in [0.4, 0.5) is 0 Å². The zero-order valence-electron chi connectivity index (χ0n) is 17.8. The lowest BCUT2D eigenvalue weighted by atomic mass is 10.0. The average Bonchev–Trinajstić information content (AvgIpc) is 2.73. The van der Waals surface area contributed by atoms with Crippen molar-refractivity contribution < 1.29 is 4.79 Å². The molecule has 0 aliphatic rings. The molecule has 1 N–H and O–H groups in total. The molecule has 6 heteroatoms. The number of aryl methyl sites for hydroxylation is 2. The summed E-state index contributed by atoms with van der Waals surface area (Å²) in [6.07, 6.45) is 0.549. The Morgan fingerprint density at radius 3 is 2.57 bits per heavy atom. The van der Waals surface area contributed by atoms with Gasteiger partial charge in [0.25, 0.3) is 5.56 Å². The van der Waals surface area contributed by atoms with E-state index < -0.39 is 0 Å². The summed E-state index contributed by atoms with van der Waals surface area (Å²) in [6, 6.07) is 17.9. The van der Waals surface area contributed by atoms with Crippen molar-refractivity contribution in [2.24, 2.45) is 7.05 Å². The number of carbonyl (C=O) groups is 1. The molecule has 0 fully saturated rings. The highest BCUT2D eigenvalue weighted by Gasteiger charge is 2.15. The van der Waals surface area contributed by atoms with Crippen LogP contribution in [-0.4, -0.2) is 21.2 Å². The molecule has 2 aromatic carbocycles. The Morgan fingerprint density at radius 1 is 1.13 bits per heavy atom. The minimum Gasteiger partial charge on any atom is -0.349 e. The highest BCUT2D eigenvalue weighted by molar-refractivity contribution is 7.99. The van der Waals surface area contributed by atoms with Gasteiger partial charge >= 0.3 is 0 Å². The maximum Gasteiger partial charge on any atom is 0.257 e. The van der Waals surface area contributed by atoms with Crippen LogP contribution in [0.2, 0.25) is 0 Å². The molecule has 30 heavy (non-hydrogen) atoms. The standard InChI is InChI=1S/C24H27N3O2S/c1-16-9-8-10-19(13-16)14-21-18(3)26-24(27(4)23(21)29)30-15-22(28)25-17(2)20-11-6-5-7-12-20/h5-13,17H,14-15H2,1-4H3,(H,25,28). The van der Waals surface area contributed by atoms with E-state index in [0.29, 0.717) is 22.8 Å². The second-order valence-electron chi connectivity index (χ2n) is 7.48. The Hall–Kier alpha value is -2.86. The number of thioether (sulfide) groups is 1. The monoisotopic (exact) mass is 421 g/mol. The summed E-state index contributed by atoms with van der Waals surface area (Å²) in [7, 11) is 1.71. The van der Waals surface area contributed by atoms with Crippen molar-refractivity contribution in [3.8, 4) is 0 Å². The summed E-state index contributed by atoms with van der Waals surface area (Å²) >= 11 is 1.28. The molecule has 1 unspecified atom stereocenters. The quantitative estimate of drug-likeness (QED) is 0.463. The van der Waals surface area contributed by atoms with Gasteiger partial charge in [0.2, 0.25) is 5.91 Å². The average molecular weight is 422 g/mol. The van der Waals surface area contributed by atoms with Crippen LogP contribution in [0.15, 0.2) is 64.5 Å². The number of carbonyl (C=O) groups excluding carboxylic acids is 1. The second kappa shape index (κ2) is 9.76. The van der Waals surface area contributed by atoms with Gasteiger partial charge in [-0.1, -0.05) is 71.9 Å². The van der Waals surface area contributed by atoms with Gasteiger partial charge in [0.15, 0.2) is 5.16 Å². The topological polar surface area (TPSA) is 64.0 Å². The van der Waals surface area contributed by atoms with Crippen LogP contribution in [0, 0.1) is 13.8 Å². The number of rotatable bonds is 7. The maximum absolute atomic E-state index is 12.9. The molecule has 0 saturated carbocycles. The van der Waals surface area contributed by atoms with Crippen molar-refractivity contribution >= 4 is 17.7 Å². The number of amides is 1. The second-order valence-corrected chi connectivity index (χ2v) is 8.42. The van der Waals surface area contributed by atoms with E-state index in [2.05, 4.69) is 16.4 Å². The number of nitrogens with zero attached hydrogens (tertiary/aromatic N) is 2. The van der Waals surface area contributed by atoms with Crippen LogP contribution in [0.5, 0.6) is 0 Å². The third-order valence-corrected chi connectivity index (χ3v) is 6.05. The van der Waals surface area contributed by atoms with E-state index in [1.165, 1.54) is 16.3 Å². The van der Waals surface area contributed by atoms with E-state index in [9.17, 15) is 9.59 Å². The van der Waals surface area contributed by atoms with E-state index in [4.69, 9.17) is 0 Å². The van der Waals surface area contributed by atoms with Crippen molar-refractivity contribution in [3.05, 3.63) is 92.9 Å². The van der Waals surface area contributed by atoms with Crippen molar-refractivity contribution in [2.45, 2.75) is 38.4 Å². The molecule has 1 amide bonds. The molecule has 0 saturated heterocycles. The number of hydrogen-bond acceptors (Lipinski definition) is 4. The Bertz CT molecular complexity index is 1090. The van der Waals surface area contributed by atoms with Gasteiger partial charge in [-0.15, -0.1) is 0 Å². The smallest absolute Gasteiger partial charge is 0.257 e. The number of aromatic nitrogens is 2. The summed E-state index contributed by atoms with van der Waals surface area (Å²) in [6.45, 7) is 5.85. The van der Waals surface area contributed by atoms with Crippen molar-refractivity contribution in [1.29, 1.82) is 0 Å². The molecule has 0 aliphatic heterocycles. The molecule has 0 aliphatic carbocycles. The summed E-state index contributed by atoms with van der Waals surface area (Å²) < 4.78 is 1.54. The van der Waals surface area contributed by atoms with Gasteiger partial charge in [0.1, 0.15) is 0 Å². The van der Waals surface area contributed by atoms with Crippen LogP contribution in [0.1, 0.15) is 40.9 Å². The van der Waals surface area contributed by atoms with E-state index in [1.807, 2.05) is 69.3 Å². The van der Waals surface area contributed by atoms with E-state index in [1.54, 1.807) is 7.05 Å². The SMILES string of the molecule is Cc1cccc(Cc2c(C)nc(SCC(=O)NC(C)c3ccccc3)n(C)c2=O)c1. The molecule has 1 heterocycles. The van der Waals surface area contributed by atoms with Gasteiger partial charge in [-0.05, 0) is 31.9 Å². The van der Waals surface area contributed by atoms with Crippen LogP contribution < -0.4 is 10.9 Å². The van der Waals surface area contributed by atoms with Crippen LogP contribution in [0.25, 0.3) is 0 Å². The summed E-state index contributed by atoms with van der Waals surface area (Å²) in [5, 5.41) is 3.54. The largest absolute Gasteiger partial charge is 0.349 e. The zero-order chi connectivity index (χ0) is 21.7. The fourth-order valence-corrected chi connectivity index (χ4v) is 4.15. The molecule has 0 bridgehead atoms. The zero-order valence-corrected chi connectivity index (χ0v) is 18.6. The molecule has 5 nitrogen and oxygen atoms in total. The minimum absolute atomic E-state index is 0.0652. The van der Waals surface area contributed by atoms with Crippen LogP contribution in [0.3, 0.4) is 0 Å². The third-order valence-electron chi connectivity index (χ3n) is 5.02. The van der Waals surface area contributed by atoms with Crippen molar-refractivity contribution in [1.82, 2.24) is 14.9 Å². The van der Waals surface area contributed by atoms with Gasteiger partial charge in [0, 0.05) is 24.7 Å². The fourth-order valence-electron chi connectivity index (χ4n) is 3.33. The molecular formula is C24H27N3O2S. The lowest BCUT2D eigenvalue weighted by Gasteiger charge is -2.15. The fraction of sp³-hybridized carbons (Fsp3) is 0.292. The molecule has 0 radical (unpaired) electrons. The highest BCUT2D eigenvalue weighted by Crippen LogP contribution is 2.18. The third kappa shape index (κ3) is 5.39. The first-order valence-corrected chi connectivity index (χ1v) is 10.9. The van der Waals surface area contributed by atoms with E-state index >= 15 is 0 Å². The van der Waals surface area contributed by atoms with Crippen LogP contribution >= 0.6 is 11.8 Å². The summed E-state index contributed by atoms with van der Waals surface area (Å²) in [5.74, 6) is 0.112. The first-order valence-electron chi connectivity index (χ1n) is 9.94. The summed E-state index contributed by atoms with van der Waals surface area (Å²) in [5.41, 5.74) is 4.64. The minimum atomic E-state index is -0.0907. The van der Waals surface area contributed by atoms with E-state index in [0.717, 1.165) is 16.7 Å². The highest BCUT2D eigenvalue weighted by atomic mass is 32.2. The van der Waals surface area contributed by atoms with Gasteiger partial charge in [-0.25, -0.2) is 4.98 Å². The number of benzene rings is 2. The molecule has 3 aromatic rings. The molecule has 156 valence electrons. The molecular weight excluding hydrogens is 394 g/mol. The summed E-state index contributed by atoms with van der Waals surface area (Å²) in [4.78, 5) is 29.9. The first-order chi connectivity index (χ1) is 14.3. The Balaban J connectivity index is 1.68. The Morgan fingerprint density at radius 2 is 1.87 bits per heavy atom. The predicted molar refractivity (Wildman–Crippen MR) is 122 cm³/mol. The Kier molecular flexibility index (Phi) is 7.11. The van der Waals surface area contributed by atoms with Crippen LogP contribution in [-0.2, 0) is 18.3 Å². The number of nitrogens with one attached hydrogen (secondary N) is 1. The maximum atomic E-state index is 12.9. The lowest BCUT2D eigenvalue weighted by molar-refractivity contribution is -0.119. The van der Waals surface area contributed by atoms with Gasteiger partial charge in [-0.2, -0.15) is 0 Å². The van der Waals surface area contributed by atoms with Gasteiger partial charge in [0.05, 0.1) is 11.8 Å². The molecule has 3 rings (SSSR count). The normalized spacial score (nSPS) is 11.9. The predicted octanol–water partition coefficient (Wildman–Crippen LogP) is 3.96. The lowest BCUT2D eigenvalue weighted by Crippen LogP contribution is -2.29. The van der Waals surface area contributed by atoms with Crippen molar-refractivity contribution in [2.75, 3.05) is 5.75 Å². The molecule has 1 aromatic heterocycles. The molecule has 1 atom stereocenters. The van der Waals surface area contributed by atoms with Gasteiger partial charge in [-0.3, -0.25) is 14.2 Å². The van der Waals surface area contributed by atoms with Crippen molar-refractivity contribution in [3.63, 3.8) is 0 Å². The van der Waals surface area contributed by atoms with E-state index in [-0.39, 0.29) is 23.3 Å². The molecule has 0 spiro atoms. The Labute approximate surface area is 181 Å².